The lowest BCUT2D eigenvalue weighted by Crippen LogP contribution is -2.56. The molecule has 0 aliphatic carbocycles. The van der Waals surface area contributed by atoms with Gasteiger partial charge in [-0.15, -0.1) is 0 Å². The normalized spacial score (nSPS) is 26.9. The number of ether oxygens (including phenoxy) is 5. The average molecular weight is 486 g/mol. The minimum absolute atomic E-state index is 0.192. The van der Waals surface area contributed by atoms with Gasteiger partial charge in [0.15, 0.2) is 12.1 Å². The van der Waals surface area contributed by atoms with Gasteiger partial charge in [-0.1, -0.05) is 60.7 Å². The molecule has 0 aromatic heterocycles. The summed E-state index contributed by atoms with van der Waals surface area (Å²) in [6.07, 6.45) is -3.95. The van der Waals surface area contributed by atoms with Gasteiger partial charge in [0.25, 0.3) is 0 Å². The fraction of sp³-hybridized carbons (Fsp3) is 0.519. The minimum atomic E-state index is -1.26. The fourth-order valence-electron chi connectivity index (χ4n) is 4.86. The van der Waals surface area contributed by atoms with Crippen LogP contribution in [-0.4, -0.2) is 72.2 Å². The predicted octanol–water partition coefficient (Wildman–Crippen LogP) is 2.87. The molecule has 35 heavy (non-hydrogen) atoms. The van der Waals surface area contributed by atoms with Gasteiger partial charge in [-0.25, -0.2) is 0 Å². The largest absolute Gasteiger partial charge is 0.465 e. The molecule has 0 unspecified atom stereocenters. The number of rotatable bonds is 10. The molecule has 1 N–H and O–H groups in total. The highest BCUT2D eigenvalue weighted by molar-refractivity contribution is 5.76. The number of esters is 1. The lowest BCUT2D eigenvalue weighted by molar-refractivity contribution is -0.240. The van der Waals surface area contributed by atoms with Crippen molar-refractivity contribution in [2.75, 3.05) is 13.7 Å². The Hall–Kier alpha value is -2.33. The monoisotopic (exact) mass is 485 g/mol. The number of methoxy groups -OCH3 is 1. The molecule has 2 aliphatic heterocycles. The van der Waals surface area contributed by atoms with Crippen LogP contribution in [0.15, 0.2) is 60.7 Å². The van der Waals surface area contributed by atoms with E-state index in [0.717, 1.165) is 11.1 Å². The van der Waals surface area contributed by atoms with Crippen LogP contribution in [0, 0.1) is 0 Å². The molecule has 8 nitrogen and oxygen atoms in total. The van der Waals surface area contributed by atoms with Crippen molar-refractivity contribution in [1.82, 2.24) is 4.90 Å². The van der Waals surface area contributed by atoms with Crippen molar-refractivity contribution < 1.29 is 33.6 Å². The van der Waals surface area contributed by atoms with E-state index in [1.807, 2.05) is 65.6 Å². The topological polar surface area (TPSA) is 86.7 Å². The van der Waals surface area contributed by atoms with Crippen molar-refractivity contribution >= 4 is 5.97 Å². The smallest absolute Gasteiger partial charge is 0.326 e. The van der Waals surface area contributed by atoms with Gasteiger partial charge >= 0.3 is 5.97 Å². The first-order valence-electron chi connectivity index (χ1n) is 12.0. The third-order valence-electron chi connectivity index (χ3n) is 6.32. The van der Waals surface area contributed by atoms with Gasteiger partial charge in [0.2, 0.25) is 0 Å². The Morgan fingerprint density at radius 1 is 1.00 bits per heavy atom. The van der Waals surface area contributed by atoms with Crippen molar-refractivity contribution in [1.29, 1.82) is 0 Å². The van der Waals surface area contributed by atoms with Crippen LogP contribution in [0.4, 0.5) is 0 Å². The summed E-state index contributed by atoms with van der Waals surface area (Å²) < 4.78 is 29.0. The first-order chi connectivity index (χ1) is 16.8. The molecule has 0 spiro atoms. The lowest BCUT2D eigenvalue weighted by atomic mass is 9.97. The van der Waals surface area contributed by atoms with Gasteiger partial charge in [-0.05, 0) is 31.9 Å². The molecular formula is C27H35NO7. The van der Waals surface area contributed by atoms with E-state index in [4.69, 9.17) is 23.7 Å². The number of carbonyl (C=O) groups is 1. The average Bonchev–Trinajstić information content (AvgIpc) is 3.33. The molecular weight excluding hydrogens is 450 g/mol. The maximum atomic E-state index is 13.4. The van der Waals surface area contributed by atoms with Crippen molar-refractivity contribution in [3.05, 3.63) is 71.8 Å². The highest BCUT2D eigenvalue weighted by atomic mass is 16.8. The van der Waals surface area contributed by atoms with Crippen LogP contribution in [0.1, 0.15) is 31.9 Å². The molecule has 6 atom stereocenters. The summed E-state index contributed by atoms with van der Waals surface area (Å²) in [5.74, 6) is -1.38. The summed E-state index contributed by atoms with van der Waals surface area (Å²) >= 11 is 0. The second-order valence-electron chi connectivity index (χ2n) is 9.33. The van der Waals surface area contributed by atoms with E-state index in [1.54, 1.807) is 20.8 Å². The summed E-state index contributed by atoms with van der Waals surface area (Å²) in [4.78, 5) is 15.3. The SMILES string of the molecule is CCOC(=O)[C@@H]([C@H](O)[C@H]1O[C@@H](OC)[C@@H]2OC(C)(C)O[C@H]12)N(Cc1ccccc1)Cc1ccccc1. The van der Waals surface area contributed by atoms with Crippen LogP contribution >= 0.6 is 0 Å². The van der Waals surface area contributed by atoms with E-state index in [9.17, 15) is 9.90 Å². The van der Waals surface area contributed by atoms with Crippen molar-refractivity contribution in [2.24, 2.45) is 0 Å². The Kier molecular flexibility index (Phi) is 8.21. The maximum Gasteiger partial charge on any atom is 0.326 e. The molecule has 0 bridgehead atoms. The number of hydrogen-bond donors (Lipinski definition) is 1. The predicted molar refractivity (Wildman–Crippen MR) is 128 cm³/mol. The Morgan fingerprint density at radius 2 is 1.54 bits per heavy atom. The highest BCUT2D eigenvalue weighted by Gasteiger charge is 2.59. The quantitative estimate of drug-likeness (QED) is 0.514. The van der Waals surface area contributed by atoms with Crippen LogP contribution < -0.4 is 0 Å². The third-order valence-corrected chi connectivity index (χ3v) is 6.32. The molecule has 2 aromatic carbocycles. The fourth-order valence-corrected chi connectivity index (χ4v) is 4.86. The molecule has 2 aromatic rings. The number of nitrogens with zero attached hydrogens (tertiary/aromatic N) is 1. The van der Waals surface area contributed by atoms with E-state index in [2.05, 4.69) is 0 Å². The van der Waals surface area contributed by atoms with E-state index in [0.29, 0.717) is 13.1 Å². The van der Waals surface area contributed by atoms with E-state index in [1.165, 1.54) is 7.11 Å². The first-order valence-corrected chi connectivity index (χ1v) is 12.0. The summed E-state index contributed by atoms with van der Waals surface area (Å²) in [7, 11) is 1.52. The Bertz CT molecular complexity index is 913. The molecule has 2 saturated heterocycles. The Balaban J connectivity index is 1.67. The second-order valence-corrected chi connectivity index (χ2v) is 9.33. The number of aliphatic hydroxyl groups is 1. The number of benzene rings is 2. The third kappa shape index (κ3) is 5.91. The van der Waals surface area contributed by atoms with Crippen molar-refractivity contribution in [3.63, 3.8) is 0 Å². The molecule has 190 valence electrons. The van der Waals surface area contributed by atoms with Gasteiger partial charge in [0.1, 0.15) is 30.5 Å². The zero-order valence-electron chi connectivity index (χ0n) is 20.7. The van der Waals surface area contributed by atoms with Gasteiger partial charge < -0.3 is 28.8 Å². The van der Waals surface area contributed by atoms with Crippen molar-refractivity contribution in [3.8, 4) is 0 Å². The molecule has 8 heteroatoms. The van der Waals surface area contributed by atoms with E-state index in [-0.39, 0.29) is 6.61 Å². The van der Waals surface area contributed by atoms with Crippen molar-refractivity contribution in [2.45, 2.75) is 76.4 Å². The summed E-state index contributed by atoms with van der Waals surface area (Å²) in [6, 6.07) is 18.6. The zero-order valence-corrected chi connectivity index (χ0v) is 20.7. The second kappa shape index (κ2) is 11.2. The van der Waals surface area contributed by atoms with Gasteiger partial charge in [-0.3, -0.25) is 9.69 Å². The Labute approximate surface area is 206 Å². The molecule has 0 amide bonds. The molecule has 2 fully saturated rings. The van der Waals surface area contributed by atoms with Gasteiger partial charge in [0, 0.05) is 20.2 Å². The molecule has 4 rings (SSSR count). The van der Waals surface area contributed by atoms with Crippen LogP contribution in [0.5, 0.6) is 0 Å². The van der Waals surface area contributed by atoms with Crippen LogP contribution in [0.25, 0.3) is 0 Å². The number of carbonyl (C=O) groups excluding carboxylic acids is 1. The summed E-state index contributed by atoms with van der Waals surface area (Å²) in [5, 5.41) is 11.7. The molecule has 0 saturated carbocycles. The van der Waals surface area contributed by atoms with Crippen LogP contribution in [0.2, 0.25) is 0 Å². The molecule has 2 heterocycles. The molecule has 0 radical (unpaired) electrons. The number of aliphatic hydroxyl groups excluding tert-OH is 1. The van der Waals surface area contributed by atoms with Crippen LogP contribution in [0.3, 0.4) is 0 Å². The summed E-state index contributed by atoms with van der Waals surface area (Å²) in [6.45, 7) is 6.40. The maximum absolute atomic E-state index is 13.4. The summed E-state index contributed by atoms with van der Waals surface area (Å²) in [5.41, 5.74) is 2.01. The number of fused-ring (bicyclic) bond motifs is 1. The first kappa shape index (κ1) is 25.8. The van der Waals surface area contributed by atoms with Gasteiger partial charge in [-0.2, -0.15) is 0 Å². The van der Waals surface area contributed by atoms with Gasteiger partial charge in [0.05, 0.1) is 6.61 Å². The number of hydrogen-bond acceptors (Lipinski definition) is 8. The van der Waals surface area contributed by atoms with Crippen LogP contribution in [-0.2, 0) is 41.6 Å². The van der Waals surface area contributed by atoms with E-state index < -0.39 is 48.5 Å². The minimum Gasteiger partial charge on any atom is -0.465 e. The van der Waals surface area contributed by atoms with E-state index >= 15 is 0 Å². The lowest BCUT2D eigenvalue weighted by Gasteiger charge is -2.36. The zero-order chi connectivity index (χ0) is 25.0. The Morgan fingerprint density at radius 3 is 2.06 bits per heavy atom. The molecule has 2 aliphatic rings. The highest BCUT2D eigenvalue weighted by Crippen LogP contribution is 2.41. The standard InChI is InChI=1S/C27H35NO7/c1-5-32-25(30)20(21(29)22-23-24(26(31-4)33-22)35-27(2,3)34-23)28(16-18-12-8-6-9-13-18)17-19-14-10-7-11-15-19/h6-15,20-24,26,29H,5,16-17H2,1-4H3/t20-,21+,22-,23-,24-,26-/m1/s1.